The van der Waals surface area contributed by atoms with Crippen LogP contribution >= 0.6 is 0 Å². The first-order valence-electron chi connectivity index (χ1n) is 4.55. The van der Waals surface area contributed by atoms with Crippen molar-refractivity contribution in [3.05, 3.63) is 0 Å². The van der Waals surface area contributed by atoms with Crippen molar-refractivity contribution in [2.45, 2.75) is 32.4 Å². The number of nitrogens with zero attached hydrogens (tertiary/aromatic N) is 1. The molecule has 88 valence electrons. The Morgan fingerprint density at radius 1 is 1.60 bits per heavy atom. The molecule has 6 heteroatoms. The molecule has 0 aromatic rings. The van der Waals surface area contributed by atoms with Gasteiger partial charge in [0.2, 0.25) is 0 Å². The molecule has 0 aromatic carbocycles. The first-order chi connectivity index (χ1) is 6.89. The summed E-state index contributed by atoms with van der Waals surface area (Å²) in [4.78, 5) is 11.3. The van der Waals surface area contributed by atoms with Crippen LogP contribution in [-0.4, -0.2) is 42.9 Å². The molecule has 0 heterocycles. The van der Waals surface area contributed by atoms with Gasteiger partial charge in [0, 0.05) is 7.11 Å². The number of rotatable bonds is 4. The molecule has 6 nitrogen and oxygen atoms in total. The molecule has 0 rings (SSSR count). The van der Waals surface area contributed by atoms with Gasteiger partial charge >= 0.3 is 6.09 Å². The highest BCUT2D eigenvalue weighted by atomic mass is 16.6. The lowest BCUT2D eigenvalue weighted by Crippen LogP contribution is -2.42. The minimum Gasteiger partial charge on any atom is -0.444 e. The van der Waals surface area contributed by atoms with Gasteiger partial charge in [0.15, 0.2) is 0 Å². The van der Waals surface area contributed by atoms with Gasteiger partial charge in [-0.05, 0) is 20.8 Å². The van der Waals surface area contributed by atoms with E-state index in [1.807, 2.05) is 0 Å². The van der Waals surface area contributed by atoms with E-state index in [4.69, 9.17) is 14.7 Å². The van der Waals surface area contributed by atoms with Crippen molar-refractivity contribution < 1.29 is 19.5 Å². The van der Waals surface area contributed by atoms with Crippen molar-refractivity contribution in [1.82, 2.24) is 5.32 Å². The normalized spacial score (nSPS) is 13.9. The molecule has 0 aromatic heterocycles. The average Bonchev–Trinajstić information content (AvgIpc) is 2.00. The second-order valence-corrected chi connectivity index (χ2v) is 3.97. The topological polar surface area (TPSA) is 80.2 Å². The quantitative estimate of drug-likeness (QED) is 0.419. The zero-order valence-corrected chi connectivity index (χ0v) is 9.48. The van der Waals surface area contributed by atoms with E-state index in [1.54, 1.807) is 20.8 Å². The maximum absolute atomic E-state index is 11.3. The molecule has 1 amide bonds. The van der Waals surface area contributed by atoms with Crippen molar-refractivity contribution >= 4 is 12.3 Å². The molecule has 2 N–H and O–H groups in total. The minimum atomic E-state index is -0.579. The fourth-order valence-corrected chi connectivity index (χ4v) is 0.841. The van der Waals surface area contributed by atoms with Gasteiger partial charge < -0.3 is 20.0 Å². The smallest absolute Gasteiger partial charge is 0.408 e. The lowest BCUT2D eigenvalue weighted by atomic mass is 10.2. The predicted octanol–water partition coefficient (Wildman–Crippen LogP) is 0.986. The molecular formula is C9H18N2O4. The van der Waals surface area contributed by atoms with E-state index >= 15 is 0 Å². The summed E-state index contributed by atoms with van der Waals surface area (Å²) < 4.78 is 9.83. The van der Waals surface area contributed by atoms with Crippen molar-refractivity contribution in [3.8, 4) is 0 Å². The van der Waals surface area contributed by atoms with Crippen LogP contribution < -0.4 is 5.32 Å². The number of hydrogen-bond donors (Lipinski definition) is 2. The highest BCUT2D eigenvalue weighted by Gasteiger charge is 2.18. The number of hydrogen-bond acceptors (Lipinski definition) is 5. The van der Waals surface area contributed by atoms with Crippen molar-refractivity contribution in [2.75, 3.05) is 13.7 Å². The molecule has 15 heavy (non-hydrogen) atoms. The van der Waals surface area contributed by atoms with Crippen LogP contribution in [0, 0.1) is 0 Å². The maximum atomic E-state index is 11.3. The number of oxime groups is 1. The second-order valence-electron chi connectivity index (χ2n) is 3.97. The molecule has 0 fully saturated rings. The zero-order valence-electron chi connectivity index (χ0n) is 9.48. The molecule has 0 aliphatic heterocycles. The molecular weight excluding hydrogens is 200 g/mol. The third-order valence-electron chi connectivity index (χ3n) is 1.29. The van der Waals surface area contributed by atoms with Gasteiger partial charge in [0.05, 0.1) is 18.9 Å². The summed E-state index contributed by atoms with van der Waals surface area (Å²) in [5.41, 5.74) is -0.557. The molecule has 0 unspecified atom stereocenters. The first-order valence-corrected chi connectivity index (χ1v) is 4.55. The lowest BCUT2D eigenvalue weighted by molar-refractivity contribution is 0.0495. The summed E-state index contributed by atoms with van der Waals surface area (Å²) >= 11 is 0. The van der Waals surface area contributed by atoms with Crippen LogP contribution in [0.2, 0.25) is 0 Å². The van der Waals surface area contributed by atoms with Crippen LogP contribution in [-0.2, 0) is 9.47 Å². The van der Waals surface area contributed by atoms with Gasteiger partial charge in [-0.15, -0.1) is 0 Å². The Kier molecular flexibility index (Phi) is 5.69. The highest BCUT2D eigenvalue weighted by molar-refractivity contribution is 5.75. The Hall–Kier alpha value is -1.30. The molecule has 0 saturated heterocycles. The van der Waals surface area contributed by atoms with Crippen LogP contribution in [0.15, 0.2) is 5.16 Å². The van der Waals surface area contributed by atoms with Gasteiger partial charge in [-0.3, -0.25) is 0 Å². The molecule has 0 spiro atoms. The number of ether oxygens (including phenoxy) is 2. The van der Waals surface area contributed by atoms with Gasteiger partial charge in [-0.25, -0.2) is 4.79 Å². The SMILES string of the molecule is COC[C@H](C=NO)NC(=O)OC(C)(C)C. The largest absolute Gasteiger partial charge is 0.444 e. The van der Waals surface area contributed by atoms with Gasteiger partial charge in [-0.1, -0.05) is 5.16 Å². The lowest BCUT2D eigenvalue weighted by Gasteiger charge is -2.21. The van der Waals surface area contributed by atoms with Crippen LogP contribution in [0.25, 0.3) is 0 Å². The van der Waals surface area contributed by atoms with Gasteiger partial charge in [-0.2, -0.15) is 0 Å². The Bertz CT molecular complexity index is 223. The number of nitrogens with one attached hydrogen (secondary N) is 1. The number of amides is 1. The number of carbonyl (C=O) groups excluding carboxylic acids is 1. The molecule has 0 bridgehead atoms. The van der Waals surface area contributed by atoms with E-state index in [0.29, 0.717) is 0 Å². The van der Waals surface area contributed by atoms with E-state index in [0.717, 1.165) is 6.21 Å². The Labute approximate surface area is 89.2 Å². The fourth-order valence-electron chi connectivity index (χ4n) is 0.841. The standard InChI is InChI=1S/C9H18N2O4/c1-9(2,3)15-8(12)11-7(5-10-13)6-14-4/h5,7,13H,6H2,1-4H3,(H,11,12)/t7-/m0/s1. The van der Waals surface area contributed by atoms with Crippen LogP contribution in [0.3, 0.4) is 0 Å². The molecule has 1 atom stereocenters. The molecule has 0 radical (unpaired) electrons. The number of carbonyl (C=O) groups is 1. The summed E-state index contributed by atoms with van der Waals surface area (Å²) in [6.07, 6.45) is 0.581. The van der Waals surface area contributed by atoms with E-state index in [1.165, 1.54) is 7.11 Å². The molecule has 0 saturated carbocycles. The van der Waals surface area contributed by atoms with Crippen molar-refractivity contribution in [3.63, 3.8) is 0 Å². The third kappa shape index (κ3) is 7.75. The van der Waals surface area contributed by atoms with E-state index in [9.17, 15) is 4.79 Å². The van der Waals surface area contributed by atoms with Crippen molar-refractivity contribution in [1.29, 1.82) is 0 Å². The van der Waals surface area contributed by atoms with E-state index in [2.05, 4.69) is 10.5 Å². The minimum absolute atomic E-state index is 0.212. The predicted molar refractivity (Wildman–Crippen MR) is 55.3 cm³/mol. The van der Waals surface area contributed by atoms with Crippen LogP contribution in [0.1, 0.15) is 20.8 Å². The van der Waals surface area contributed by atoms with E-state index < -0.39 is 17.7 Å². The Morgan fingerprint density at radius 3 is 2.60 bits per heavy atom. The van der Waals surface area contributed by atoms with E-state index in [-0.39, 0.29) is 6.61 Å². The summed E-state index contributed by atoms with van der Waals surface area (Å²) in [6, 6.07) is -0.505. The Morgan fingerprint density at radius 2 is 2.20 bits per heavy atom. The first kappa shape index (κ1) is 13.7. The molecule has 0 aliphatic carbocycles. The monoisotopic (exact) mass is 218 g/mol. The zero-order chi connectivity index (χ0) is 11.9. The summed E-state index contributed by atoms with van der Waals surface area (Å²) in [6.45, 7) is 5.50. The van der Waals surface area contributed by atoms with Crippen LogP contribution in [0.4, 0.5) is 4.79 Å². The maximum Gasteiger partial charge on any atom is 0.408 e. The summed E-state index contributed by atoms with van der Waals surface area (Å²) in [5, 5.41) is 13.6. The van der Waals surface area contributed by atoms with Gasteiger partial charge in [0.1, 0.15) is 5.60 Å². The third-order valence-corrected chi connectivity index (χ3v) is 1.29. The Balaban J connectivity index is 4.11. The molecule has 0 aliphatic rings. The van der Waals surface area contributed by atoms with Gasteiger partial charge in [0.25, 0.3) is 0 Å². The van der Waals surface area contributed by atoms with Crippen molar-refractivity contribution in [2.24, 2.45) is 5.16 Å². The summed E-state index contributed by atoms with van der Waals surface area (Å²) in [7, 11) is 1.48. The highest BCUT2D eigenvalue weighted by Crippen LogP contribution is 2.06. The number of methoxy groups -OCH3 is 1. The average molecular weight is 218 g/mol. The van der Waals surface area contributed by atoms with Crippen LogP contribution in [0.5, 0.6) is 0 Å². The fraction of sp³-hybridized carbons (Fsp3) is 0.778. The summed E-state index contributed by atoms with van der Waals surface area (Å²) in [5.74, 6) is 0. The number of alkyl carbamates (subject to hydrolysis) is 1. The second kappa shape index (κ2) is 6.23.